The molecule has 1 rings (SSSR count). The van der Waals surface area contributed by atoms with E-state index in [-0.39, 0.29) is 11.5 Å². The molecule has 1 saturated carbocycles. The molecular weight excluding hydrogens is 250 g/mol. The number of nitrogens with one attached hydrogen (secondary N) is 1. The fourth-order valence-corrected chi connectivity index (χ4v) is 3.52. The Morgan fingerprint density at radius 2 is 1.85 bits per heavy atom. The third kappa shape index (κ3) is 4.47. The highest BCUT2D eigenvalue weighted by atomic mass is 16.5. The second-order valence-corrected chi connectivity index (χ2v) is 6.91. The fraction of sp³-hybridized carbons (Fsp3) is 0.941. The van der Waals surface area contributed by atoms with Gasteiger partial charge in [-0.2, -0.15) is 0 Å². The third-order valence-electron chi connectivity index (χ3n) is 5.30. The van der Waals surface area contributed by atoms with E-state index in [1.54, 1.807) is 0 Å². The molecule has 20 heavy (non-hydrogen) atoms. The summed E-state index contributed by atoms with van der Waals surface area (Å²) in [7, 11) is 0. The van der Waals surface area contributed by atoms with E-state index in [1.165, 1.54) is 19.3 Å². The minimum Gasteiger partial charge on any atom is -0.466 e. The van der Waals surface area contributed by atoms with Crippen LogP contribution in [0.2, 0.25) is 0 Å². The zero-order chi connectivity index (χ0) is 15.2. The Hall–Kier alpha value is -0.570. The predicted octanol–water partition coefficient (Wildman–Crippen LogP) is 3.91. The molecule has 3 nitrogen and oxygen atoms in total. The fourth-order valence-electron chi connectivity index (χ4n) is 3.52. The van der Waals surface area contributed by atoms with Gasteiger partial charge >= 0.3 is 5.97 Å². The molecule has 118 valence electrons. The number of hydrogen-bond acceptors (Lipinski definition) is 3. The molecule has 0 spiro atoms. The average Bonchev–Trinajstić information content (AvgIpc) is 2.39. The number of hydrogen-bond donors (Lipinski definition) is 1. The van der Waals surface area contributed by atoms with E-state index in [4.69, 9.17) is 4.74 Å². The largest absolute Gasteiger partial charge is 0.466 e. The van der Waals surface area contributed by atoms with Crippen molar-refractivity contribution < 1.29 is 9.53 Å². The van der Waals surface area contributed by atoms with Gasteiger partial charge in [0.15, 0.2) is 0 Å². The van der Waals surface area contributed by atoms with Crippen molar-refractivity contribution in [2.75, 3.05) is 13.2 Å². The molecule has 0 aromatic heterocycles. The first-order valence-corrected chi connectivity index (χ1v) is 8.29. The Balaban J connectivity index is 2.65. The van der Waals surface area contributed by atoms with Crippen LogP contribution in [0.5, 0.6) is 0 Å². The lowest BCUT2D eigenvalue weighted by molar-refractivity contribution is -0.145. The van der Waals surface area contributed by atoms with E-state index < -0.39 is 0 Å². The molecule has 0 amide bonds. The Bertz CT molecular complexity index is 304. The minimum atomic E-state index is -0.0540. The molecule has 0 radical (unpaired) electrons. The SMILES string of the molecule is CCNC1(CC(=O)OCC)CCC(C(C)(C)CC)CC1. The van der Waals surface area contributed by atoms with Gasteiger partial charge in [-0.05, 0) is 50.5 Å². The van der Waals surface area contributed by atoms with Crippen LogP contribution < -0.4 is 5.32 Å². The molecule has 1 aliphatic carbocycles. The molecule has 0 heterocycles. The van der Waals surface area contributed by atoms with E-state index in [2.05, 4.69) is 33.0 Å². The molecule has 0 aromatic rings. The van der Waals surface area contributed by atoms with E-state index in [0.717, 1.165) is 25.3 Å². The van der Waals surface area contributed by atoms with Gasteiger partial charge in [-0.15, -0.1) is 0 Å². The van der Waals surface area contributed by atoms with E-state index >= 15 is 0 Å². The maximum absolute atomic E-state index is 11.9. The Labute approximate surface area is 124 Å². The van der Waals surface area contributed by atoms with Crippen LogP contribution in [-0.2, 0) is 9.53 Å². The van der Waals surface area contributed by atoms with Crippen LogP contribution >= 0.6 is 0 Å². The summed E-state index contributed by atoms with van der Waals surface area (Å²) in [5.74, 6) is 0.725. The smallest absolute Gasteiger partial charge is 0.307 e. The highest BCUT2D eigenvalue weighted by Gasteiger charge is 2.40. The first-order chi connectivity index (χ1) is 9.39. The molecule has 0 unspecified atom stereocenters. The van der Waals surface area contributed by atoms with E-state index in [9.17, 15) is 4.79 Å². The molecule has 1 aliphatic rings. The zero-order valence-electron chi connectivity index (χ0n) is 14.1. The summed E-state index contributed by atoms with van der Waals surface area (Å²) < 4.78 is 5.15. The summed E-state index contributed by atoms with van der Waals surface area (Å²) in [5, 5.41) is 3.58. The highest BCUT2D eigenvalue weighted by Crippen LogP contribution is 2.44. The van der Waals surface area contributed by atoms with Gasteiger partial charge in [-0.1, -0.05) is 34.1 Å². The van der Waals surface area contributed by atoms with E-state index in [1.807, 2.05) is 6.92 Å². The van der Waals surface area contributed by atoms with Crippen LogP contribution in [0.3, 0.4) is 0 Å². The van der Waals surface area contributed by atoms with Gasteiger partial charge in [0, 0.05) is 5.54 Å². The normalized spacial score (nSPS) is 27.4. The Kier molecular flexibility index (Phi) is 6.50. The summed E-state index contributed by atoms with van der Waals surface area (Å²) in [6.07, 6.45) is 6.36. The van der Waals surface area contributed by atoms with Gasteiger partial charge in [0.05, 0.1) is 13.0 Å². The quantitative estimate of drug-likeness (QED) is 0.720. The number of rotatable bonds is 7. The molecule has 3 heteroatoms. The van der Waals surface area contributed by atoms with Gasteiger partial charge in [-0.3, -0.25) is 4.79 Å². The van der Waals surface area contributed by atoms with Crippen LogP contribution in [0.4, 0.5) is 0 Å². The summed E-state index contributed by atoms with van der Waals surface area (Å²) in [6, 6.07) is 0. The standard InChI is InChI=1S/C17H33NO2/c1-6-16(4,5)14-9-11-17(12-10-14,18-7-2)13-15(19)20-8-3/h14,18H,6-13H2,1-5H3. The molecule has 0 aromatic carbocycles. The molecular formula is C17H33NO2. The van der Waals surface area contributed by atoms with Crippen molar-refractivity contribution in [1.82, 2.24) is 5.32 Å². The van der Waals surface area contributed by atoms with Gasteiger partial charge in [0.1, 0.15) is 0 Å². The maximum Gasteiger partial charge on any atom is 0.307 e. The van der Waals surface area contributed by atoms with Gasteiger partial charge in [-0.25, -0.2) is 0 Å². The second-order valence-electron chi connectivity index (χ2n) is 6.91. The van der Waals surface area contributed by atoms with Crippen molar-refractivity contribution in [3.63, 3.8) is 0 Å². The number of esters is 1. The van der Waals surface area contributed by atoms with Gasteiger partial charge in [0.2, 0.25) is 0 Å². The Morgan fingerprint density at radius 3 is 2.30 bits per heavy atom. The van der Waals surface area contributed by atoms with Crippen LogP contribution in [0, 0.1) is 11.3 Å². The molecule has 1 fully saturated rings. The number of carbonyl (C=O) groups excluding carboxylic acids is 1. The average molecular weight is 283 g/mol. The van der Waals surface area contributed by atoms with Crippen molar-refractivity contribution in [2.45, 2.75) is 78.7 Å². The van der Waals surface area contributed by atoms with Crippen LogP contribution in [0.1, 0.15) is 73.1 Å². The summed E-state index contributed by atoms with van der Waals surface area (Å²) in [5.41, 5.74) is 0.392. The van der Waals surface area contributed by atoms with Crippen molar-refractivity contribution in [1.29, 1.82) is 0 Å². The highest BCUT2D eigenvalue weighted by molar-refractivity contribution is 5.71. The molecule has 0 bridgehead atoms. The lowest BCUT2D eigenvalue weighted by Gasteiger charge is -2.45. The third-order valence-corrected chi connectivity index (χ3v) is 5.30. The lowest BCUT2D eigenvalue weighted by atomic mass is 9.65. The van der Waals surface area contributed by atoms with Crippen molar-refractivity contribution in [3.05, 3.63) is 0 Å². The molecule has 1 N–H and O–H groups in total. The second kappa shape index (κ2) is 7.44. The zero-order valence-corrected chi connectivity index (χ0v) is 14.1. The van der Waals surface area contributed by atoms with Gasteiger partial charge < -0.3 is 10.1 Å². The van der Waals surface area contributed by atoms with Crippen molar-refractivity contribution >= 4 is 5.97 Å². The van der Waals surface area contributed by atoms with Crippen molar-refractivity contribution in [3.8, 4) is 0 Å². The first-order valence-electron chi connectivity index (χ1n) is 8.29. The van der Waals surface area contributed by atoms with Crippen molar-refractivity contribution in [2.24, 2.45) is 11.3 Å². The first kappa shape index (κ1) is 17.5. The van der Waals surface area contributed by atoms with Gasteiger partial charge in [0.25, 0.3) is 0 Å². The van der Waals surface area contributed by atoms with Crippen LogP contribution in [0.25, 0.3) is 0 Å². The summed E-state index contributed by atoms with van der Waals surface area (Å²) in [6.45, 7) is 12.4. The molecule has 0 aliphatic heterocycles. The summed E-state index contributed by atoms with van der Waals surface area (Å²) >= 11 is 0. The van der Waals surface area contributed by atoms with Crippen LogP contribution in [-0.4, -0.2) is 24.7 Å². The number of carbonyl (C=O) groups is 1. The van der Waals surface area contributed by atoms with E-state index in [0.29, 0.717) is 18.4 Å². The minimum absolute atomic E-state index is 0.0265. The monoisotopic (exact) mass is 283 g/mol. The van der Waals surface area contributed by atoms with Crippen LogP contribution in [0.15, 0.2) is 0 Å². The predicted molar refractivity (Wildman–Crippen MR) is 83.7 cm³/mol. The molecule has 0 atom stereocenters. The topological polar surface area (TPSA) is 38.3 Å². The summed E-state index contributed by atoms with van der Waals surface area (Å²) in [4.78, 5) is 11.9. The lowest BCUT2D eigenvalue weighted by Crippen LogP contribution is -2.50. The Morgan fingerprint density at radius 1 is 1.25 bits per heavy atom. The molecule has 0 saturated heterocycles. The number of ether oxygens (including phenoxy) is 1. The maximum atomic E-state index is 11.9.